The van der Waals surface area contributed by atoms with Gasteiger partial charge >= 0.3 is 6.03 Å². The van der Waals surface area contributed by atoms with Crippen LogP contribution < -0.4 is 5.32 Å². The maximum absolute atomic E-state index is 14.5. The van der Waals surface area contributed by atoms with Crippen LogP contribution in [-0.2, 0) is 19.5 Å². The molecule has 0 fully saturated rings. The summed E-state index contributed by atoms with van der Waals surface area (Å²) in [7, 11) is 0. The lowest BCUT2D eigenvalue weighted by molar-refractivity contribution is 0.194. The highest BCUT2D eigenvalue weighted by molar-refractivity contribution is 7.15. The van der Waals surface area contributed by atoms with Crippen molar-refractivity contribution in [3.05, 3.63) is 106 Å². The molecule has 2 amide bonds. The van der Waals surface area contributed by atoms with Crippen LogP contribution in [-0.4, -0.2) is 33.5 Å². The minimum Gasteiger partial charge on any atom is -0.310 e. The molecule has 2 aromatic carbocycles. The number of nitrogens with zero attached hydrogens (tertiary/aromatic N) is 3. The second-order valence-electron chi connectivity index (χ2n) is 9.06. The van der Waals surface area contributed by atoms with Gasteiger partial charge in [-0.1, -0.05) is 49.4 Å². The molecular weight excluding hydrogens is 459 g/mol. The molecule has 6 rings (SSSR count). The standard InChI is InChI=1S/C28H27FN4OS/c1-2-31-16-14-20-21-17-33(28(34)30-23-12-7-6-11-22(23)29)26(19-9-4-3-5-10-19)24-13-8-15-32(24)27(21)35-25(20)18-31/h3-13,15,26H,2,14,16-18H2,1H3,(H,30,34). The Kier molecular flexibility index (Phi) is 5.66. The Morgan fingerprint density at radius 3 is 2.63 bits per heavy atom. The monoisotopic (exact) mass is 486 g/mol. The third-order valence-electron chi connectivity index (χ3n) is 7.08. The fourth-order valence-electron chi connectivity index (χ4n) is 5.28. The Hall–Kier alpha value is -3.42. The summed E-state index contributed by atoms with van der Waals surface area (Å²) in [6, 6.07) is 19.9. The normalized spacial score (nSPS) is 17.3. The Morgan fingerprint density at radius 2 is 1.83 bits per heavy atom. The highest BCUT2D eigenvalue weighted by Crippen LogP contribution is 2.43. The third-order valence-corrected chi connectivity index (χ3v) is 8.34. The van der Waals surface area contributed by atoms with Crippen LogP contribution in [0.3, 0.4) is 0 Å². The summed E-state index contributed by atoms with van der Waals surface area (Å²) in [6.45, 7) is 5.67. The molecule has 0 saturated carbocycles. The number of hydrogen-bond acceptors (Lipinski definition) is 3. The first-order chi connectivity index (χ1) is 17.1. The molecule has 5 nitrogen and oxygen atoms in total. The third kappa shape index (κ3) is 3.85. The van der Waals surface area contributed by atoms with Gasteiger partial charge in [-0.25, -0.2) is 9.18 Å². The van der Waals surface area contributed by atoms with Gasteiger partial charge in [0.15, 0.2) is 0 Å². The van der Waals surface area contributed by atoms with Crippen molar-refractivity contribution in [2.24, 2.45) is 0 Å². The van der Waals surface area contributed by atoms with Crippen molar-refractivity contribution in [1.82, 2.24) is 14.4 Å². The van der Waals surface area contributed by atoms with Gasteiger partial charge in [0.1, 0.15) is 10.8 Å². The summed E-state index contributed by atoms with van der Waals surface area (Å²) in [5, 5.41) is 4.04. The van der Waals surface area contributed by atoms with Crippen LogP contribution in [0.15, 0.2) is 72.9 Å². The second-order valence-corrected chi connectivity index (χ2v) is 10.1. The minimum absolute atomic E-state index is 0.190. The lowest BCUT2D eigenvalue weighted by Crippen LogP contribution is -2.38. The molecule has 178 valence electrons. The van der Waals surface area contributed by atoms with E-state index in [0.717, 1.165) is 37.3 Å². The van der Waals surface area contributed by atoms with Crippen LogP contribution in [0, 0.1) is 5.82 Å². The summed E-state index contributed by atoms with van der Waals surface area (Å²) in [6.07, 6.45) is 3.08. The predicted octanol–water partition coefficient (Wildman–Crippen LogP) is 6.19. The number of para-hydroxylation sites is 1. The van der Waals surface area contributed by atoms with Crippen molar-refractivity contribution in [1.29, 1.82) is 0 Å². The van der Waals surface area contributed by atoms with Crippen molar-refractivity contribution in [3.8, 4) is 5.00 Å². The number of thiophene rings is 1. The number of amides is 2. The van der Waals surface area contributed by atoms with E-state index in [1.54, 1.807) is 18.2 Å². The molecule has 1 N–H and O–H groups in total. The number of benzene rings is 2. The van der Waals surface area contributed by atoms with Gasteiger partial charge in [0.05, 0.1) is 24.0 Å². The van der Waals surface area contributed by atoms with Gasteiger partial charge in [0.2, 0.25) is 0 Å². The Bertz CT molecular complexity index is 1380. The molecule has 4 heterocycles. The van der Waals surface area contributed by atoms with E-state index < -0.39 is 5.82 Å². The highest BCUT2D eigenvalue weighted by Gasteiger charge is 2.36. The molecular formula is C28H27FN4OS. The van der Waals surface area contributed by atoms with E-state index in [-0.39, 0.29) is 17.8 Å². The number of carbonyl (C=O) groups excluding carboxylic acids is 1. The van der Waals surface area contributed by atoms with Crippen molar-refractivity contribution in [3.63, 3.8) is 0 Å². The number of urea groups is 1. The average Bonchev–Trinajstić information content (AvgIpc) is 3.47. The lowest BCUT2D eigenvalue weighted by Gasteiger charge is -2.32. The molecule has 1 atom stereocenters. The van der Waals surface area contributed by atoms with E-state index in [2.05, 4.69) is 46.1 Å². The first kappa shape index (κ1) is 22.1. The first-order valence-electron chi connectivity index (χ1n) is 12.0. The van der Waals surface area contributed by atoms with Crippen LogP contribution >= 0.6 is 11.3 Å². The number of carbonyl (C=O) groups is 1. The van der Waals surface area contributed by atoms with Crippen LogP contribution in [0.2, 0.25) is 0 Å². The summed E-state index contributed by atoms with van der Waals surface area (Å²) in [4.78, 5) is 19.5. The molecule has 1 unspecified atom stereocenters. The van der Waals surface area contributed by atoms with E-state index >= 15 is 0 Å². The van der Waals surface area contributed by atoms with Gasteiger partial charge in [-0.15, -0.1) is 11.3 Å². The maximum Gasteiger partial charge on any atom is 0.323 e. The Balaban J connectivity index is 1.49. The second kappa shape index (κ2) is 8.98. The number of halogens is 1. The number of rotatable bonds is 3. The maximum atomic E-state index is 14.5. The van der Waals surface area contributed by atoms with E-state index in [1.165, 1.54) is 27.1 Å². The quantitative estimate of drug-likeness (QED) is 0.375. The fourth-order valence-corrected chi connectivity index (χ4v) is 6.69. The first-order valence-corrected chi connectivity index (χ1v) is 12.9. The summed E-state index contributed by atoms with van der Waals surface area (Å²) >= 11 is 1.84. The zero-order chi connectivity index (χ0) is 23.9. The largest absolute Gasteiger partial charge is 0.323 e. The number of anilines is 1. The molecule has 7 heteroatoms. The summed E-state index contributed by atoms with van der Waals surface area (Å²) in [5.41, 5.74) is 4.82. The average molecular weight is 487 g/mol. The molecule has 35 heavy (non-hydrogen) atoms. The van der Waals surface area contributed by atoms with Gasteiger partial charge in [-0.05, 0) is 48.4 Å². The van der Waals surface area contributed by atoms with Gasteiger partial charge in [-0.3, -0.25) is 4.90 Å². The molecule has 0 bridgehead atoms. The number of fused-ring (bicyclic) bond motifs is 5. The van der Waals surface area contributed by atoms with Gasteiger partial charge in [0.25, 0.3) is 0 Å². The zero-order valence-electron chi connectivity index (χ0n) is 19.6. The fraction of sp³-hybridized carbons (Fsp3) is 0.250. The summed E-state index contributed by atoms with van der Waals surface area (Å²) in [5.74, 6) is -0.441. The van der Waals surface area contributed by atoms with Gasteiger partial charge < -0.3 is 14.8 Å². The SMILES string of the molecule is CCN1CCc2c(sc3c2CN(C(=O)Nc2ccccc2F)C(c2ccccc2)c2cccn2-3)C1. The Morgan fingerprint density at radius 1 is 1.03 bits per heavy atom. The van der Waals surface area contributed by atoms with E-state index in [1.807, 2.05) is 40.5 Å². The van der Waals surface area contributed by atoms with Crippen LogP contribution in [0.5, 0.6) is 0 Å². The molecule has 2 aliphatic heterocycles. The van der Waals surface area contributed by atoms with Gasteiger partial charge in [-0.2, -0.15) is 0 Å². The molecule has 0 aliphatic carbocycles. The van der Waals surface area contributed by atoms with E-state index in [0.29, 0.717) is 6.54 Å². The van der Waals surface area contributed by atoms with E-state index in [4.69, 9.17) is 0 Å². The lowest BCUT2D eigenvalue weighted by atomic mass is 10.00. The zero-order valence-corrected chi connectivity index (χ0v) is 20.4. The molecule has 4 aromatic rings. The Labute approximate surface area is 208 Å². The molecule has 0 saturated heterocycles. The van der Waals surface area contributed by atoms with Crippen LogP contribution in [0.1, 0.15) is 40.2 Å². The minimum atomic E-state index is -0.441. The predicted molar refractivity (Wildman–Crippen MR) is 138 cm³/mol. The number of nitrogens with one attached hydrogen (secondary N) is 1. The number of hydrogen-bond donors (Lipinski definition) is 1. The van der Waals surface area contributed by atoms with Crippen molar-refractivity contribution in [2.45, 2.75) is 32.5 Å². The van der Waals surface area contributed by atoms with Crippen molar-refractivity contribution < 1.29 is 9.18 Å². The summed E-state index contributed by atoms with van der Waals surface area (Å²) < 4.78 is 16.7. The molecule has 2 aromatic heterocycles. The molecule has 0 spiro atoms. The van der Waals surface area contributed by atoms with Gasteiger partial charge in [0, 0.05) is 29.7 Å². The highest BCUT2D eigenvalue weighted by atomic mass is 32.1. The van der Waals surface area contributed by atoms with Crippen LogP contribution in [0.4, 0.5) is 14.9 Å². The molecule has 0 radical (unpaired) electrons. The van der Waals surface area contributed by atoms with E-state index in [9.17, 15) is 9.18 Å². The smallest absolute Gasteiger partial charge is 0.310 e. The van der Waals surface area contributed by atoms with Crippen LogP contribution in [0.25, 0.3) is 5.00 Å². The number of likely N-dealkylation sites (N-methyl/N-ethyl adjacent to an activating group) is 1. The topological polar surface area (TPSA) is 40.5 Å². The number of aromatic nitrogens is 1. The van der Waals surface area contributed by atoms with Crippen molar-refractivity contribution >= 4 is 23.1 Å². The molecule has 2 aliphatic rings. The van der Waals surface area contributed by atoms with Crippen molar-refractivity contribution in [2.75, 3.05) is 18.4 Å².